The lowest BCUT2D eigenvalue weighted by molar-refractivity contribution is 0.166. The van der Waals surface area contributed by atoms with Crippen LogP contribution in [0.3, 0.4) is 0 Å². The number of nitrogens with zero attached hydrogens (tertiary/aromatic N) is 1. The first-order valence-corrected chi connectivity index (χ1v) is 5.76. The molecule has 0 aliphatic heterocycles. The molecule has 17 heavy (non-hydrogen) atoms. The highest BCUT2D eigenvalue weighted by atomic mass is 16.5. The zero-order valence-corrected chi connectivity index (χ0v) is 10.2. The van der Waals surface area contributed by atoms with Crippen LogP contribution in [0, 0.1) is 5.92 Å². The van der Waals surface area contributed by atoms with Crippen LogP contribution in [0.4, 0.5) is 0 Å². The fourth-order valence-electron chi connectivity index (χ4n) is 1.76. The van der Waals surface area contributed by atoms with Crippen LogP contribution in [-0.4, -0.2) is 12.1 Å². The smallest absolute Gasteiger partial charge is 0.157 e. The summed E-state index contributed by atoms with van der Waals surface area (Å²) in [6.07, 6.45) is 8.57. The van der Waals surface area contributed by atoms with E-state index in [-0.39, 0.29) is 0 Å². The number of ether oxygens (including phenoxy) is 2. The first-order valence-electron chi connectivity index (χ1n) is 5.76. The molecule has 0 unspecified atom stereocenters. The fourth-order valence-corrected chi connectivity index (χ4v) is 1.76. The minimum Gasteiger partial charge on any atom is -0.497 e. The molecule has 1 heterocycles. The monoisotopic (exact) mass is 231 g/mol. The Morgan fingerprint density at radius 1 is 1.35 bits per heavy atom. The van der Waals surface area contributed by atoms with Crippen molar-refractivity contribution in [3.63, 3.8) is 0 Å². The van der Waals surface area contributed by atoms with E-state index in [1.54, 1.807) is 19.5 Å². The molecule has 1 aromatic heterocycles. The average molecular weight is 231 g/mol. The van der Waals surface area contributed by atoms with Gasteiger partial charge in [0, 0.05) is 18.8 Å². The summed E-state index contributed by atoms with van der Waals surface area (Å²) in [6.45, 7) is 2.71. The van der Waals surface area contributed by atoms with Crippen molar-refractivity contribution >= 4 is 0 Å². The predicted octanol–water partition coefficient (Wildman–Crippen LogP) is 3.05. The highest BCUT2D eigenvalue weighted by molar-refractivity contribution is 5.23. The van der Waals surface area contributed by atoms with Gasteiger partial charge in [0.15, 0.2) is 5.76 Å². The van der Waals surface area contributed by atoms with E-state index in [0.717, 1.165) is 23.5 Å². The van der Waals surface area contributed by atoms with Crippen LogP contribution in [0.5, 0.6) is 0 Å². The molecule has 0 bridgehead atoms. The molecule has 3 nitrogen and oxygen atoms in total. The van der Waals surface area contributed by atoms with Crippen LogP contribution < -0.4 is 0 Å². The quantitative estimate of drug-likeness (QED) is 0.798. The Kier molecular flexibility index (Phi) is 3.81. The molecule has 2 rings (SSSR count). The highest BCUT2D eigenvalue weighted by Crippen LogP contribution is 2.25. The van der Waals surface area contributed by atoms with Gasteiger partial charge >= 0.3 is 0 Å². The largest absolute Gasteiger partial charge is 0.497 e. The maximum absolute atomic E-state index is 5.76. The van der Waals surface area contributed by atoms with E-state index in [9.17, 15) is 0 Å². The molecule has 0 spiro atoms. The Balaban J connectivity index is 2.01. The zero-order valence-electron chi connectivity index (χ0n) is 10.2. The molecule has 0 radical (unpaired) electrons. The summed E-state index contributed by atoms with van der Waals surface area (Å²) in [4.78, 5) is 3.97. The topological polar surface area (TPSA) is 31.4 Å². The van der Waals surface area contributed by atoms with Gasteiger partial charge in [-0.15, -0.1) is 0 Å². The Morgan fingerprint density at radius 2 is 2.12 bits per heavy atom. The third-order valence-electron chi connectivity index (χ3n) is 2.75. The predicted molar refractivity (Wildman–Crippen MR) is 66.0 cm³/mol. The van der Waals surface area contributed by atoms with Crippen molar-refractivity contribution in [2.24, 2.45) is 5.92 Å². The maximum atomic E-state index is 5.76. The maximum Gasteiger partial charge on any atom is 0.157 e. The molecule has 0 saturated carbocycles. The van der Waals surface area contributed by atoms with Crippen LogP contribution in [0.15, 0.2) is 48.2 Å². The normalized spacial score (nSPS) is 19.3. The van der Waals surface area contributed by atoms with Crippen LogP contribution in [0.1, 0.15) is 18.9 Å². The lowest BCUT2D eigenvalue weighted by Crippen LogP contribution is -2.06. The zero-order chi connectivity index (χ0) is 12.1. The molecule has 3 heteroatoms. The first-order chi connectivity index (χ1) is 8.29. The van der Waals surface area contributed by atoms with Gasteiger partial charge in [0.2, 0.25) is 0 Å². The number of pyridine rings is 1. The van der Waals surface area contributed by atoms with Crippen molar-refractivity contribution in [3.8, 4) is 0 Å². The highest BCUT2D eigenvalue weighted by Gasteiger charge is 2.14. The molecule has 0 amide bonds. The van der Waals surface area contributed by atoms with Crippen molar-refractivity contribution in [2.75, 3.05) is 7.11 Å². The van der Waals surface area contributed by atoms with E-state index in [1.165, 1.54) is 0 Å². The van der Waals surface area contributed by atoms with Gasteiger partial charge < -0.3 is 9.47 Å². The lowest BCUT2D eigenvalue weighted by Gasteiger charge is -2.19. The molecule has 1 aliphatic carbocycles. The Hall–Kier alpha value is -1.77. The lowest BCUT2D eigenvalue weighted by atomic mass is 10.0. The van der Waals surface area contributed by atoms with Gasteiger partial charge in [-0.3, -0.25) is 4.98 Å². The molecule has 1 aliphatic rings. The molecular formula is C14H17NO2. The minimum absolute atomic E-state index is 0.512. The van der Waals surface area contributed by atoms with Crippen LogP contribution >= 0.6 is 0 Å². The molecule has 0 N–H and O–H groups in total. The summed E-state index contributed by atoms with van der Waals surface area (Å²) >= 11 is 0. The Labute approximate surface area is 102 Å². The first kappa shape index (κ1) is 11.7. The van der Waals surface area contributed by atoms with Crippen LogP contribution in [-0.2, 0) is 16.1 Å². The van der Waals surface area contributed by atoms with Gasteiger partial charge in [-0.05, 0) is 29.7 Å². The molecule has 0 fully saturated rings. The molecule has 0 saturated heterocycles. The van der Waals surface area contributed by atoms with Crippen LogP contribution in [0.2, 0.25) is 0 Å². The fraction of sp³-hybridized carbons (Fsp3) is 0.357. The van der Waals surface area contributed by atoms with E-state index < -0.39 is 0 Å². The second-order valence-corrected chi connectivity index (χ2v) is 4.18. The van der Waals surface area contributed by atoms with Gasteiger partial charge in [-0.2, -0.15) is 0 Å². The summed E-state index contributed by atoms with van der Waals surface area (Å²) in [5, 5.41) is 0. The molecular weight excluding hydrogens is 214 g/mol. The number of hydrogen-bond donors (Lipinski definition) is 0. The van der Waals surface area contributed by atoms with E-state index >= 15 is 0 Å². The minimum atomic E-state index is 0.512. The molecule has 1 aromatic rings. The summed E-state index contributed by atoms with van der Waals surface area (Å²) in [5.41, 5.74) is 1.11. The Morgan fingerprint density at radius 3 is 2.82 bits per heavy atom. The Bertz CT molecular complexity index is 423. The number of allylic oxidation sites excluding steroid dienone is 3. The van der Waals surface area contributed by atoms with Crippen molar-refractivity contribution in [1.82, 2.24) is 4.98 Å². The summed E-state index contributed by atoms with van der Waals surface area (Å²) < 4.78 is 11.1. The van der Waals surface area contributed by atoms with E-state index in [1.807, 2.05) is 18.2 Å². The van der Waals surface area contributed by atoms with E-state index in [2.05, 4.69) is 18.0 Å². The third kappa shape index (κ3) is 3.09. The molecule has 0 aromatic carbocycles. The summed E-state index contributed by atoms with van der Waals surface area (Å²) in [5.74, 6) is 2.27. The van der Waals surface area contributed by atoms with E-state index in [4.69, 9.17) is 9.47 Å². The second-order valence-electron chi connectivity index (χ2n) is 4.18. The van der Waals surface area contributed by atoms with Crippen molar-refractivity contribution in [3.05, 3.63) is 53.8 Å². The summed E-state index contributed by atoms with van der Waals surface area (Å²) in [7, 11) is 1.69. The average Bonchev–Trinajstić information content (AvgIpc) is 2.38. The number of methoxy groups -OCH3 is 1. The van der Waals surface area contributed by atoms with Gasteiger partial charge in [0.25, 0.3) is 0 Å². The number of aromatic nitrogens is 1. The van der Waals surface area contributed by atoms with Gasteiger partial charge in [0.05, 0.1) is 7.11 Å². The third-order valence-corrected chi connectivity index (χ3v) is 2.75. The number of hydrogen-bond acceptors (Lipinski definition) is 3. The molecule has 1 atom stereocenters. The van der Waals surface area contributed by atoms with Gasteiger partial charge in [-0.25, -0.2) is 0 Å². The van der Waals surface area contributed by atoms with Crippen molar-refractivity contribution < 1.29 is 9.47 Å². The second kappa shape index (κ2) is 5.53. The summed E-state index contributed by atoms with van der Waals surface area (Å²) in [6, 6.07) is 3.89. The van der Waals surface area contributed by atoms with Gasteiger partial charge in [-0.1, -0.05) is 13.0 Å². The van der Waals surface area contributed by atoms with Crippen molar-refractivity contribution in [2.45, 2.75) is 20.0 Å². The van der Waals surface area contributed by atoms with E-state index in [0.29, 0.717) is 12.5 Å². The SMILES string of the molecule is COC1=C(OCc2ccncc2)C=C[C@@H](C)C1. The van der Waals surface area contributed by atoms with Crippen LogP contribution in [0.25, 0.3) is 0 Å². The van der Waals surface area contributed by atoms with Gasteiger partial charge in [0.1, 0.15) is 12.4 Å². The van der Waals surface area contributed by atoms with Crippen molar-refractivity contribution in [1.29, 1.82) is 0 Å². The number of rotatable bonds is 4. The molecule has 90 valence electrons. The standard InChI is InChI=1S/C14H17NO2/c1-11-3-4-13(14(9-11)16-2)17-10-12-5-7-15-8-6-12/h3-8,11H,9-10H2,1-2H3/t11-/m1/s1.